The third-order valence-electron chi connectivity index (χ3n) is 3.96. The number of hydrogen-bond acceptors (Lipinski definition) is 6. The number of hydrogen-bond donors (Lipinski definition) is 1. The van der Waals surface area contributed by atoms with Crippen molar-refractivity contribution in [3.8, 4) is 0 Å². The first-order valence-corrected chi connectivity index (χ1v) is 9.48. The molecule has 0 aliphatic carbocycles. The second-order valence-electron chi connectivity index (χ2n) is 5.88. The zero-order valence-electron chi connectivity index (χ0n) is 14.2. The number of unbranched alkanes of at least 4 members (excludes halogenated alkanes) is 2. The summed E-state index contributed by atoms with van der Waals surface area (Å²) >= 11 is 0. The van der Waals surface area contributed by atoms with E-state index in [-0.39, 0.29) is 27.6 Å². The number of fused-ring (bicyclic) bond motifs is 1. The summed E-state index contributed by atoms with van der Waals surface area (Å²) in [6.07, 6.45) is 4.14. The zero-order valence-corrected chi connectivity index (χ0v) is 15.0. The van der Waals surface area contributed by atoms with Gasteiger partial charge >= 0.3 is 0 Å². The molecule has 8 nitrogen and oxygen atoms in total. The molecule has 1 aliphatic heterocycles. The number of carbonyl (C=O) groups excluding carboxylic acids is 1. The zero-order chi connectivity index (χ0) is 18.6. The third-order valence-corrected chi connectivity index (χ3v) is 5.81. The van der Waals surface area contributed by atoms with Crippen LogP contribution in [0, 0.1) is 10.1 Å². The van der Waals surface area contributed by atoms with Crippen molar-refractivity contribution in [1.29, 1.82) is 0 Å². The van der Waals surface area contributed by atoms with Crippen LogP contribution in [-0.4, -0.2) is 37.7 Å². The minimum atomic E-state index is -4.05. The Kier molecular flexibility index (Phi) is 5.78. The molecule has 0 unspecified atom stereocenters. The molecule has 9 heteroatoms. The highest BCUT2D eigenvalue weighted by atomic mass is 32.2. The third kappa shape index (κ3) is 3.98. The van der Waals surface area contributed by atoms with E-state index in [2.05, 4.69) is 12.2 Å². The van der Waals surface area contributed by atoms with Crippen LogP contribution < -0.4 is 5.32 Å². The average molecular weight is 367 g/mol. The van der Waals surface area contributed by atoms with Crippen molar-refractivity contribution in [2.45, 2.75) is 37.6 Å². The molecule has 0 radical (unpaired) electrons. The Morgan fingerprint density at radius 1 is 1.36 bits per heavy atom. The number of nitrogens with one attached hydrogen (secondary N) is 1. The quantitative estimate of drug-likeness (QED) is 0.356. The lowest BCUT2D eigenvalue weighted by atomic mass is 10.2. The van der Waals surface area contributed by atoms with E-state index in [1.807, 2.05) is 0 Å². The van der Waals surface area contributed by atoms with Crippen molar-refractivity contribution in [3.63, 3.8) is 0 Å². The van der Waals surface area contributed by atoms with Crippen LogP contribution in [0.1, 0.15) is 31.7 Å². The summed E-state index contributed by atoms with van der Waals surface area (Å²) in [7, 11) is -2.58. The van der Waals surface area contributed by atoms with Gasteiger partial charge in [-0.2, -0.15) is 0 Å². The van der Waals surface area contributed by atoms with Gasteiger partial charge in [0, 0.05) is 38.5 Å². The summed E-state index contributed by atoms with van der Waals surface area (Å²) in [5, 5.41) is 13.8. The predicted molar refractivity (Wildman–Crippen MR) is 92.4 cm³/mol. The number of nitro groups is 1. The summed E-state index contributed by atoms with van der Waals surface area (Å²) in [4.78, 5) is 23.6. The van der Waals surface area contributed by atoms with E-state index in [1.54, 1.807) is 0 Å². The lowest BCUT2D eigenvalue weighted by molar-refractivity contribution is -0.385. The highest BCUT2D eigenvalue weighted by Gasteiger charge is 2.35. The average Bonchev–Trinajstić information content (AvgIpc) is 2.62. The first-order valence-electron chi connectivity index (χ1n) is 8.00. The minimum absolute atomic E-state index is 0.0117. The highest BCUT2D eigenvalue weighted by molar-refractivity contribution is 7.96. The van der Waals surface area contributed by atoms with Gasteiger partial charge in [0.25, 0.3) is 11.6 Å². The fourth-order valence-corrected chi connectivity index (χ4v) is 4.17. The van der Waals surface area contributed by atoms with E-state index in [4.69, 9.17) is 0 Å². The normalized spacial score (nSPS) is 17.9. The molecule has 1 aliphatic rings. The molecule has 1 N–H and O–H groups in total. The van der Waals surface area contributed by atoms with Crippen LogP contribution in [-0.2, 0) is 21.2 Å². The molecule has 2 rings (SSSR count). The Labute approximate surface area is 146 Å². The Morgan fingerprint density at radius 2 is 2.08 bits per heavy atom. The maximum absolute atomic E-state index is 12.9. The van der Waals surface area contributed by atoms with Crippen LogP contribution in [0.2, 0.25) is 0 Å². The van der Waals surface area contributed by atoms with E-state index in [0.29, 0.717) is 6.54 Å². The number of sulfone groups is 1. The number of benzene rings is 1. The van der Waals surface area contributed by atoms with E-state index < -0.39 is 20.7 Å². The van der Waals surface area contributed by atoms with Gasteiger partial charge in [0.1, 0.15) is 0 Å². The summed E-state index contributed by atoms with van der Waals surface area (Å²) in [5.74, 6) is -0.637. The van der Waals surface area contributed by atoms with Gasteiger partial charge in [0.05, 0.1) is 9.82 Å². The number of likely N-dealkylation sites (N-methyl/N-ethyl adjacent to an activating group) is 1. The molecular weight excluding hydrogens is 346 g/mol. The van der Waals surface area contributed by atoms with E-state index in [0.717, 1.165) is 25.3 Å². The Balaban J connectivity index is 2.43. The number of nitrogens with zero attached hydrogens (tertiary/aromatic N) is 2. The second-order valence-corrected chi connectivity index (χ2v) is 7.77. The molecule has 1 amide bonds. The standard InChI is InChI=1S/C16H21N3O5S/c1-3-4-5-8-17-10-15-16(20)18(2)11-12-9-13(19(21)22)6-7-14(12)25(15,23)24/h6-7,9-10,17H,3-5,8,11H2,1-2H3/b15-10+. The number of carbonyl (C=O) groups is 1. The summed E-state index contributed by atoms with van der Waals surface area (Å²) < 4.78 is 25.7. The molecule has 1 aromatic carbocycles. The molecule has 0 aromatic heterocycles. The molecular formula is C16H21N3O5S. The second kappa shape index (κ2) is 7.64. The van der Waals surface area contributed by atoms with Crippen molar-refractivity contribution in [1.82, 2.24) is 10.2 Å². The molecule has 0 bridgehead atoms. The minimum Gasteiger partial charge on any atom is -0.390 e. The van der Waals surface area contributed by atoms with Gasteiger partial charge in [-0.05, 0) is 18.1 Å². The molecule has 136 valence electrons. The molecule has 0 saturated carbocycles. The smallest absolute Gasteiger partial charge is 0.269 e. The monoisotopic (exact) mass is 367 g/mol. The molecule has 1 aromatic rings. The topological polar surface area (TPSA) is 110 Å². The maximum Gasteiger partial charge on any atom is 0.269 e. The van der Waals surface area contributed by atoms with Gasteiger partial charge in [-0.1, -0.05) is 19.8 Å². The number of nitro benzene ring substituents is 1. The Morgan fingerprint density at radius 3 is 2.72 bits per heavy atom. The van der Waals surface area contributed by atoms with Gasteiger partial charge in [0.2, 0.25) is 9.84 Å². The number of non-ortho nitro benzene ring substituents is 1. The van der Waals surface area contributed by atoms with Gasteiger partial charge in [-0.25, -0.2) is 8.42 Å². The van der Waals surface area contributed by atoms with Crippen molar-refractivity contribution in [2.75, 3.05) is 13.6 Å². The molecule has 0 fully saturated rings. The van der Waals surface area contributed by atoms with E-state index >= 15 is 0 Å². The predicted octanol–water partition coefficient (Wildman–Crippen LogP) is 1.96. The first-order chi connectivity index (χ1) is 11.8. The molecule has 0 saturated heterocycles. The van der Waals surface area contributed by atoms with Crippen molar-refractivity contribution in [2.24, 2.45) is 0 Å². The largest absolute Gasteiger partial charge is 0.390 e. The summed E-state index contributed by atoms with van der Waals surface area (Å²) in [5.41, 5.74) is 0.0272. The van der Waals surface area contributed by atoms with Gasteiger partial charge in [-0.15, -0.1) is 0 Å². The van der Waals surface area contributed by atoms with Crippen LogP contribution in [0.3, 0.4) is 0 Å². The summed E-state index contributed by atoms with van der Waals surface area (Å²) in [6.45, 7) is 2.61. The Bertz CT molecular complexity index is 817. The van der Waals surface area contributed by atoms with Crippen LogP contribution in [0.15, 0.2) is 34.2 Å². The van der Waals surface area contributed by atoms with Crippen LogP contribution in [0.4, 0.5) is 5.69 Å². The van der Waals surface area contributed by atoms with Crippen LogP contribution in [0.5, 0.6) is 0 Å². The Hall–Kier alpha value is -2.42. The van der Waals surface area contributed by atoms with Crippen molar-refractivity contribution < 1.29 is 18.1 Å². The molecule has 0 atom stereocenters. The number of rotatable bonds is 6. The molecule has 1 heterocycles. The van der Waals surface area contributed by atoms with E-state index in [1.165, 1.54) is 30.3 Å². The maximum atomic E-state index is 12.9. The van der Waals surface area contributed by atoms with E-state index in [9.17, 15) is 23.3 Å². The summed E-state index contributed by atoms with van der Waals surface area (Å²) in [6, 6.07) is 3.53. The van der Waals surface area contributed by atoms with Gasteiger partial charge in [-0.3, -0.25) is 14.9 Å². The van der Waals surface area contributed by atoms with Gasteiger partial charge in [0.15, 0.2) is 4.91 Å². The van der Waals surface area contributed by atoms with Gasteiger partial charge < -0.3 is 10.2 Å². The highest BCUT2D eigenvalue weighted by Crippen LogP contribution is 2.31. The van der Waals surface area contributed by atoms with Crippen LogP contribution in [0.25, 0.3) is 0 Å². The molecule has 0 spiro atoms. The fraction of sp³-hybridized carbons (Fsp3) is 0.438. The van der Waals surface area contributed by atoms with Crippen molar-refractivity contribution >= 4 is 21.4 Å². The van der Waals surface area contributed by atoms with Crippen LogP contribution >= 0.6 is 0 Å². The first kappa shape index (κ1) is 18.9. The lowest BCUT2D eigenvalue weighted by Crippen LogP contribution is -2.28. The number of amides is 1. The fourth-order valence-electron chi connectivity index (χ4n) is 2.60. The lowest BCUT2D eigenvalue weighted by Gasteiger charge is -2.14. The molecule has 25 heavy (non-hydrogen) atoms. The SMILES string of the molecule is CCCCCN/C=C1\C(=O)N(C)Cc2cc([N+](=O)[O-])ccc2S1(=O)=O. The van der Waals surface area contributed by atoms with Crippen molar-refractivity contribution in [3.05, 3.63) is 45.0 Å².